The third kappa shape index (κ3) is 9.70. The summed E-state index contributed by atoms with van der Waals surface area (Å²) < 4.78 is 16.3. The summed E-state index contributed by atoms with van der Waals surface area (Å²) >= 11 is 0. The Morgan fingerprint density at radius 3 is 2.33 bits per heavy atom. The first-order valence-electron chi connectivity index (χ1n) is 8.65. The van der Waals surface area contributed by atoms with Crippen LogP contribution >= 0.6 is 0 Å². The molecule has 0 spiro atoms. The minimum Gasteiger partial charge on any atom is -0.460 e. The smallest absolute Gasteiger partial charge is 0.338 e. The number of benzene rings is 1. The van der Waals surface area contributed by atoms with Crippen molar-refractivity contribution in [2.24, 2.45) is 0 Å². The lowest BCUT2D eigenvalue weighted by Gasteiger charge is -2.16. The predicted octanol–water partition coefficient (Wildman–Crippen LogP) is 3.92. The highest BCUT2D eigenvalue weighted by molar-refractivity contribution is 6.69. The van der Waals surface area contributed by atoms with Gasteiger partial charge in [-0.15, -0.1) is 0 Å². The summed E-state index contributed by atoms with van der Waals surface area (Å²) in [6.45, 7) is 11.3. The van der Waals surface area contributed by atoms with Crippen molar-refractivity contribution in [3.63, 3.8) is 0 Å². The number of hydrogen-bond donors (Lipinski definition) is 1. The molecule has 0 aliphatic heterocycles. The Morgan fingerprint density at radius 2 is 1.71 bits per heavy atom. The lowest BCUT2D eigenvalue weighted by molar-refractivity contribution is 0.0269. The summed E-state index contributed by atoms with van der Waals surface area (Å²) in [5, 5.41) is 3.31. The molecule has 1 N–H and O–H groups in total. The first kappa shape index (κ1) is 20.7. The third-order valence-electron chi connectivity index (χ3n) is 3.20. The Morgan fingerprint density at radius 1 is 1.04 bits per heavy atom. The van der Waals surface area contributed by atoms with E-state index in [9.17, 15) is 4.79 Å². The van der Waals surface area contributed by atoms with Crippen molar-refractivity contribution in [1.82, 2.24) is 0 Å². The van der Waals surface area contributed by atoms with Gasteiger partial charge >= 0.3 is 5.97 Å². The maximum atomic E-state index is 11.9. The van der Waals surface area contributed by atoms with Crippen LogP contribution < -0.4 is 5.32 Å². The van der Waals surface area contributed by atoms with E-state index in [0.717, 1.165) is 25.1 Å². The summed E-state index contributed by atoms with van der Waals surface area (Å²) in [7, 11) is -1.47. The standard InChI is InChI=1S/C18H31NO4Si/c1-5-6-11-19-17-9-7-16(8-10-17)18(20)22-14-12-21-13-15-23-24(2,3)4/h7-10,19H,5-6,11-15H2,1-4H3. The second-order valence-corrected chi connectivity index (χ2v) is 11.1. The molecule has 0 amide bonds. The van der Waals surface area contributed by atoms with Crippen LogP contribution in [0.15, 0.2) is 24.3 Å². The largest absolute Gasteiger partial charge is 0.460 e. The highest BCUT2D eigenvalue weighted by Gasteiger charge is 2.13. The van der Waals surface area contributed by atoms with Crippen LogP contribution in [0, 0.1) is 0 Å². The minimum atomic E-state index is -1.47. The molecule has 136 valence electrons. The lowest BCUT2D eigenvalue weighted by Crippen LogP contribution is -2.27. The molecule has 0 unspecified atom stereocenters. The van der Waals surface area contributed by atoms with Crippen LogP contribution in [0.4, 0.5) is 5.69 Å². The van der Waals surface area contributed by atoms with Gasteiger partial charge in [-0.3, -0.25) is 0 Å². The Kier molecular flexibility index (Phi) is 9.67. The normalized spacial score (nSPS) is 11.3. The molecule has 6 heteroatoms. The van der Waals surface area contributed by atoms with Crippen molar-refractivity contribution in [2.45, 2.75) is 39.4 Å². The van der Waals surface area contributed by atoms with Crippen molar-refractivity contribution in [3.05, 3.63) is 29.8 Å². The van der Waals surface area contributed by atoms with E-state index in [0.29, 0.717) is 25.4 Å². The number of carbonyl (C=O) groups excluding carboxylic acids is 1. The monoisotopic (exact) mass is 353 g/mol. The van der Waals surface area contributed by atoms with Gasteiger partial charge in [0.15, 0.2) is 8.32 Å². The fraction of sp³-hybridized carbons (Fsp3) is 0.611. The van der Waals surface area contributed by atoms with Gasteiger partial charge in [0, 0.05) is 12.2 Å². The fourth-order valence-electron chi connectivity index (χ4n) is 1.92. The van der Waals surface area contributed by atoms with E-state index in [1.54, 1.807) is 12.1 Å². The van der Waals surface area contributed by atoms with Crippen LogP contribution in [0.1, 0.15) is 30.1 Å². The molecular weight excluding hydrogens is 322 g/mol. The molecule has 0 heterocycles. The van der Waals surface area contributed by atoms with Gasteiger partial charge in [0.1, 0.15) is 6.61 Å². The van der Waals surface area contributed by atoms with E-state index in [1.807, 2.05) is 12.1 Å². The molecular formula is C18H31NO4Si. The van der Waals surface area contributed by atoms with Gasteiger partial charge in [-0.25, -0.2) is 4.79 Å². The summed E-state index contributed by atoms with van der Waals surface area (Å²) in [6.07, 6.45) is 2.29. The van der Waals surface area contributed by atoms with Crippen molar-refractivity contribution >= 4 is 20.0 Å². The zero-order valence-electron chi connectivity index (χ0n) is 15.4. The molecule has 24 heavy (non-hydrogen) atoms. The van der Waals surface area contributed by atoms with Crippen LogP contribution in [0.2, 0.25) is 19.6 Å². The number of esters is 1. The number of nitrogens with one attached hydrogen (secondary N) is 1. The van der Waals surface area contributed by atoms with Crippen LogP contribution in [-0.4, -0.2) is 47.3 Å². The third-order valence-corrected chi connectivity index (χ3v) is 4.27. The van der Waals surface area contributed by atoms with E-state index in [2.05, 4.69) is 31.9 Å². The summed E-state index contributed by atoms with van der Waals surface area (Å²) in [6, 6.07) is 7.35. The average molecular weight is 354 g/mol. The van der Waals surface area contributed by atoms with E-state index in [1.165, 1.54) is 0 Å². The van der Waals surface area contributed by atoms with Crippen molar-refractivity contribution in [2.75, 3.05) is 38.3 Å². The Bertz CT molecular complexity index is 471. The molecule has 0 fully saturated rings. The summed E-state index contributed by atoms with van der Waals surface area (Å²) in [5.74, 6) is -0.322. The Labute approximate surface area is 146 Å². The average Bonchev–Trinajstić information content (AvgIpc) is 2.53. The molecule has 0 radical (unpaired) electrons. The predicted molar refractivity (Wildman–Crippen MR) is 100 cm³/mol. The molecule has 5 nitrogen and oxygen atoms in total. The maximum absolute atomic E-state index is 11.9. The maximum Gasteiger partial charge on any atom is 0.338 e. The van der Waals surface area contributed by atoms with Crippen LogP contribution in [0.3, 0.4) is 0 Å². The molecule has 1 aromatic carbocycles. The quantitative estimate of drug-likeness (QED) is 0.351. The van der Waals surface area contributed by atoms with E-state index >= 15 is 0 Å². The molecule has 0 bridgehead atoms. The fourth-order valence-corrected chi connectivity index (χ4v) is 2.61. The number of unbranched alkanes of at least 4 members (excludes halogenated alkanes) is 1. The Balaban J connectivity index is 2.16. The lowest BCUT2D eigenvalue weighted by atomic mass is 10.2. The molecule has 0 aliphatic rings. The molecule has 1 rings (SSSR count). The Hall–Kier alpha value is -1.37. The number of ether oxygens (including phenoxy) is 2. The van der Waals surface area contributed by atoms with E-state index in [4.69, 9.17) is 13.9 Å². The topological polar surface area (TPSA) is 56.8 Å². The first-order chi connectivity index (χ1) is 11.4. The molecule has 0 saturated carbocycles. The zero-order valence-corrected chi connectivity index (χ0v) is 16.4. The van der Waals surface area contributed by atoms with Gasteiger partial charge in [-0.1, -0.05) is 13.3 Å². The number of hydrogen-bond acceptors (Lipinski definition) is 5. The minimum absolute atomic E-state index is 0.252. The van der Waals surface area contributed by atoms with Gasteiger partial charge in [-0.2, -0.15) is 0 Å². The number of rotatable bonds is 12. The highest BCUT2D eigenvalue weighted by atomic mass is 28.4. The number of carbonyl (C=O) groups is 1. The van der Waals surface area contributed by atoms with Gasteiger partial charge in [0.05, 0.1) is 25.4 Å². The van der Waals surface area contributed by atoms with Crippen LogP contribution in [0.5, 0.6) is 0 Å². The van der Waals surface area contributed by atoms with Gasteiger partial charge in [0.2, 0.25) is 0 Å². The SMILES string of the molecule is CCCCNc1ccc(C(=O)OCCOCCO[Si](C)(C)C)cc1. The van der Waals surface area contributed by atoms with E-state index in [-0.39, 0.29) is 12.6 Å². The molecule has 0 saturated heterocycles. The van der Waals surface area contributed by atoms with Crippen molar-refractivity contribution in [3.8, 4) is 0 Å². The summed E-state index contributed by atoms with van der Waals surface area (Å²) in [5.41, 5.74) is 1.57. The first-order valence-corrected chi connectivity index (χ1v) is 12.1. The van der Waals surface area contributed by atoms with Crippen LogP contribution in [0.25, 0.3) is 0 Å². The van der Waals surface area contributed by atoms with Crippen LogP contribution in [-0.2, 0) is 13.9 Å². The molecule has 0 aliphatic carbocycles. The number of anilines is 1. The van der Waals surface area contributed by atoms with Gasteiger partial charge < -0.3 is 19.2 Å². The molecule has 1 aromatic rings. The summed E-state index contributed by atoms with van der Waals surface area (Å²) in [4.78, 5) is 11.9. The second-order valence-electron chi connectivity index (χ2n) is 6.57. The zero-order chi connectivity index (χ0) is 17.8. The van der Waals surface area contributed by atoms with Gasteiger partial charge in [-0.05, 0) is 50.3 Å². The van der Waals surface area contributed by atoms with Crippen molar-refractivity contribution < 1.29 is 18.7 Å². The molecule has 0 aromatic heterocycles. The van der Waals surface area contributed by atoms with Crippen molar-refractivity contribution in [1.29, 1.82) is 0 Å². The second kappa shape index (κ2) is 11.2. The van der Waals surface area contributed by atoms with Gasteiger partial charge in [0.25, 0.3) is 0 Å². The highest BCUT2D eigenvalue weighted by Crippen LogP contribution is 2.10. The van der Waals surface area contributed by atoms with E-state index < -0.39 is 8.32 Å². The molecule has 0 atom stereocenters.